The summed E-state index contributed by atoms with van der Waals surface area (Å²) >= 11 is 0. The molecule has 0 fully saturated rings. The highest BCUT2D eigenvalue weighted by Crippen LogP contribution is 2.19. The highest BCUT2D eigenvalue weighted by Gasteiger charge is 2.17. The fraction of sp³-hybridized carbons (Fsp3) is 0.625. The second-order valence-electron chi connectivity index (χ2n) is 4.96. The van der Waals surface area contributed by atoms with Crippen molar-refractivity contribution in [2.45, 2.75) is 53.4 Å². The van der Waals surface area contributed by atoms with E-state index in [0.29, 0.717) is 0 Å². The molecule has 0 spiro atoms. The van der Waals surface area contributed by atoms with Crippen LogP contribution in [0.3, 0.4) is 0 Å². The van der Waals surface area contributed by atoms with Gasteiger partial charge in [0.1, 0.15) is 13.1 Å². The Bertz CT molecular complexity index is 322. The second-order valence-corrected chi connectivity index (χ2v) is 4.96. The predicted octanol–water partition coefficient (Wildman–Crippen LogP) is 4.68. The summed E-state index contributed by atoms with van der Waals surface area (Å²) in [6.45, 7) is 11.3. The molecule has 0 amide bonds. The predicted molar refractivity (Wildman–Crippen MR) is 77.3 cm³/mol. The van der Waals surface area contributed by atoms with Crippen LogP contribution in [-0.2, 0) is 0 Å². The third-order valence-electron chi connectivity index (χ3n) is 3.42. The van der Waals surface area contributed by atoms with Crippen molar-refractivity contribution in [2.24, 2.45) is 0 Å². The molecule has 0 saturated carbocycles. The van der Waals surface area contributed by atoms with E-state index in [9.17, 15) is 0 Å². The van der Waals surface area contributed by atoms with E-state index >= 15 is 0 Å². The minimum Gasteiger partial charge on any atom is -0.134 e. The van der Waals surface area contributed by atoms with Gasteiger partial charge in [0.25, 0.3) is 0 Å². The first-order valence-corrected chi connectivity index (χ1v) is 7.01. The van der Waals surface area contributed by atoms with Gasteiger partial charge in [-0.3, -0.25) is 0 Å². The highest BCUT2D eigenvalue weighted by molar-refractivity contribution is 5.44. The quantitative estimate of drug-likeness (QED) is 0.603. The Morgan fingerprint density at radius 1 is 0.882 bits per heavy atom. The van der Waals surface area contributed by atoms with Gasteiger partial charge in [0, 0.05) is 25.0 Å². The van der Waals surface area contributed by atoms with Crippen molar-refractivity contribution in [3.63, 3.8) is 0 Å². The molecule has 0 unspecified atom stereocenters. The number of rotatable bonds is 7. The van der Waals surface area contributed by atoms with Crippen molar-refractivity contribution in [2.75, 3.05) is 13.1 Å². The lowest BCUT2D eigenvalue weighted by molar-refractivity contribution is 0.493. The molecule has 1 heteroatoms. The van der Waals surface area contributed by atoms with Crippen LogP contribution >= 0.6 is 0 Å². The van der Waals surface area contributed by atoms with E-state index in [2.05, 4.69) is 50.8 Å². The standard InChI is InChI=1S/C16H27N/c1-5-7-11-17(12-8-6-2)16-10-9-14(3)15(4)13-16/h9-10,13H,5-8,11-12H2,1-4H3/q+1. The van der Waals surface area contributed by atoms with Crippen LogP contribution in [0.15, 0.2) is 18.2 Å². The lowest BCUT2D eigenvalue weighted by Gasteiger charge is -2.12. The molecule has 0 aromatic heterocycles. The summed E-state index contributed by atoms with van der Waals surface area (Å²) in [6.07, 6.45) is 5.12. The zero-order valence-corrected chi connectivity index (χ0v) is 11.9. The maximum absolute atomic E-state index is 2.54. The lowest BCUT2D eigenvalue weighted by Crippen LogP contribution is -2.27. The van der Waals surface area contributed by atoms with Gasteiger partial charge < -0.3 is 0 Å². The van der Waals surface area contributed by atoms with Crippen LogP contribution in [0.25, 0.3) is 0 Å². The van der Waals surface area contributed by atoms with Crippen molar-refractivity contribution >= 4 is 5.69 Å². The Morgan fingerprint density at radius 2 is 1.47 bits per heavy atom. The minimum atomic E-state index is 1.19. The lowest BCUT2D eigenvalue weighted by atomic mass is 10.1. The summed E-state index contributed by atoms with van der Waals surface area (Å²) in [7, 11) is 0. The van der Waals surface area contributed by atoms with E-state index < -0.39 is 0 Å². The zero-order chi connectivity index (χ0) is 12.7. The molecule has 1 radical (unpaired) electrons. The summed E-state index contributed by atoms with van der Waals surface area (Å²) in [5.74, 6) is 0. The fourth-order valence-electron chi connectivity index (χ4n) is 1.99. The first kappa shape index (κ1) is 14.2. The third-order valence-corrected chi connectivity index (χ3v) is 3.42. The van der Waals surface area contributed by atoms with Gasteiger partial charge in [-0.15, -0.1) is 4.90 Å². The van der Waals surface area contributed by atoms with Gasteiger partial charge in [-0.25, -0.2) is 0 Å². The largest absolute Gasteiger partial charge is 0.181 e. The molecule has 0 aliphatic heterocycles. The second kappa shape index (κ2) is 7.50. The number of hydrogen-bond acceptors (Lipinski definition) is 1. The van der Waals surface area contributed by atoms with Crippen LogP contribution in [0.2, 0.25) is 0 Å². The van der Waals surface area contributed by atoms with E-state index in [1.807, 2.05) is 0 Å². The topological polar surface area (TPSA) is 5.90 Å². The van der Waals surface area contributed by atoms with Gasteiger partial charge in [-0.2, -0.15) is 0 Å². The minimum absolute atomic E-state index is 1.19. The first-order valence-electron chi connectivity index (χ1n) is 7.01. The average Bonchev–Trinajstić information content (AvgIpc) is 2.33. The van der Waals surface area contributed by atoms with E-state index in [1.165, 1.54) is 55.6 Å². The van der Waals surface area contributed by atoms with Gasteiger partial charge in [0.05, 0.1) is 0 Å². The van der Waals surface area contributed by atoms with Gasteiger partial charge in [0.15, 0.2) is 5.69 Å². The summed E-state index contributed by atoms with van der Waals surface area (Å²) in [4.78, 5) is 2.54. The molecule has 0 bridgehead atoms. The monoisotopic (exact) mass is 233 g/mol. The van der Waals surface area contributed by atoms with Crippen LogP contribution in [0.1, 0.15) is 50.7 Å². The summed E-state index contributed by atoms with van der Waals surface area (Å²) in [5.41, 5.74) is 4.19. The average molecular weight is 233 g/mol. The van der Waals surface area contributed by atoms with Crippen LogP contribution < -0.4 is 4.90 Å². The number of anilines is 1. The van der Waals surface area contributed by atoms with E-state index in [1.54, 1.807) is 0 Å². The molecular formula is C16H27N+. The summed E-state index contributed by atoms with van der Waals surface area (Å²) in [5, 5.41) is 0. The van der Waals surface area contributed by atoms with Crippen LogP contribution in [0.5, 0.6) is 0 Å². The number of nitrogens with zero attached hydrogens (tertiary/aromatic N) is 1. The van der Waals surface area contributed by atoms with Gasteiger partial charge >= 0.3 is 0 Å². The molecule has 95 valence electrons. The highest BCUT2D eigenvalue weighted by atomic mass is 15.1. The molecule has 1 nitrogen and oxygen atoms in total. The van der Waals surface area contributed by atoms with E-state index in [-0.39, 0.29) is 0 Å². The Hall–Kier alpha value is -0.820. The molecule has 17 heavy (non-hydrogen) atoms. The van der Waals surface area contributed by atoms with Crippen molar-refractivity contribution in [1.29, 1.82) is 0 Å². The molecule has 0 saturated heterocycles. The smallest absolute Gasteiger partial charge is 0.134 e. The molecular weight excluding hydrogens is 206 g/mol. The molecule has 1 rings (SSSR count). The molecule has 0 atom stereocenters. The van der Waals surface area contributed by atoms with Crippen molar-refractivity contribution in [1.82, 2.24) is 4.90 Å². The molecule has 1 aromatic carbocycles. The van der Waals surface area contributed by atoms with Crippen LogP contribution in [0.4, 0.5) is 5.69 Å². The Labute approximate surface area is 107 Å². The molecule has 0 heterocycles. The molecule has 0 aliphatic rings. The summed E-state index contributed by atoms with van der Waals surface area (Å²) in [6, 6.07) is 6.85. The normalized spacial score (nSPS) is 11.1. The Morgan fingerprint density at radius 3 is 1.94 bits per heavy atom. The SMILES string of the molecule is CCCC[N+](CCCC)c1ccc(C)c(C)c1. The number of benzene rings is 1. The molecule has 0 N–H and O–H groups in total. The van der Waals surface area contributed by atoms with Crippen LogP contribution in [0, 0.1) is 13.8 Å². The zero-order valence-electron chi connectivity index (χ0n) is 11.9. The Kier molecular flexibility index (Phi) is 6.28. The molecule has 0 aliphatic carbocycles. The maximum Gasteiger partial charge on any atom is 0.181 e. The fourth-order valence-corrected chi connectivity index (χ4v) is 1.99. The maximum atomic E-state index is 2.54. The number of hydrogen-bond donors (Lipinski definition) is 0. The first-order chi connectivity index (χ1) is 8.19. The summed E-state index contributed by atoms with van der Waals surface area (Å²) < 4.78 is 0. The van der Waals surface area contributed by atoms with Crippen molar-refractivity contribution in [3.05, 3.63) is 29.3 Å². The Balaban J connectivity index is 2.75. The van der Waals surface area contributed by atoms with E-state index in [0.717, 1.165) is 0 Å². The van der Waals surface area contributed by atoms with Gasteiger partial charge in [0.2, 0.25) is 0 Å². The van der Waals surface area contributed by atoms with Crippen LogP contribution in [-0.4, -0.2) is 13.1 Å². The van der Waals surface area contributed by atoms with Crippen molar-refractivity contribution < 1.29 is 0 Å². The molecule has 1 aromatic rings. The number of aryl methyl sites for hydroxylation is 2. The van der Waals surface area contributed by atoms with Gasteiger partial charge in [-0.1, -0.05) is 32.8 Å². The van der Waals surface area contributed by atoms with Crippen molar-refractivity contribution in [3.8, 4) is 0 Å². The van der Waals surface area contributed by atoms with E-state index in [4.69, 9.17) is 0 Å². The van der Waals surface area contributed by atoms with Gasteiger partial charge in [-0.05, 0) is 25.0 Å². The number of unbranched alkanes of at least 4 members (excludes halogenated alkanes) is 2. The third kappa shape index (κ3) is 4.51.